The lowest BCUT2D eigenvalue weighted by atomic mass is 10.1. The number of hydrogen-bond donors (Lipinski definition) is 1. The Morgan fingerprint density at radius 1 is 1.59 bits per heavy atom. The smallest absolute Gasteiger partial charge is 0.264 e. The topological polar surface area (TPSA) is 32.3 Å². The van der Waals surface area contributed by atoms with Crippen LogP contribution in [-0.4, -0.2) is 37.0 Å². The monoisotopic (exact) mass is 338 g/mol. The van der Waals surface area contributed by atoms with Crippen LogP contribution in [0.25, 0.3) is 0 Å². The number of halogens is 2. The number of amides is 1. The quantitative estimate of drug-likeness (QED) is 0.898. The average Bonchev–Trinajstić information content (AvgIpc) is 2.75. The van der Waals surface area contributed by atoms with Crippen molar-refractivity contribution in [3.05, 3.63) is 20.8 Å². The number of nitrogens with one attached hydrogen (secondary N) is 1. The summed E-state index contributed by atoms with van der Waals surface area (Å²) in [6, 6.07) is 4.26. The zero-order chi connectivity index (χ0) is 11.5. The summed E-state index contributed by atoms with van der Waals surface area (Å²) in [5.41, 5.74) is 0. The van der Waals surface area contributed by atoms with Crippen LogP contribution in [0.3, 0.4) is 0 Å². The van der Waals surface area contributed by atoms with Crippen LogP contribution in [0, 0.1) is 0 Å². The van der Waals surface area contributed by atoms with Gasteiger partial charge >= 0.3 is 0 Å². The first-order valence-corrected chi connectivity index (χ1v) is 7.03. The summed E-state index contributed by atoms with van der Waals surface area (Å²) in [5, 5.41) is 3.25. The third-order valence-corrected chi connectivity index (χ3v) is 4.51. The van der Waals surface area contributed by atoms with Gasteiger partial charge in [-0.05, 0) is 48.0 Å². The molecule has 1 fully saturated rings. The number of rotatable bonds is 2. The molecule has 17 heavy (non-hydrogen) atoms. The van der Waals surface area contributed by atoms with Crippen LogP contribution in [0.1, 0.15) is 22.5 Å². The van der Waals surface area contributed by atoms with Crippen molar-refractivity contribution in [1.82, 2.24) is 10.2 Å². The maximum Gasteiger partial charge on any atom is 0.264 e. The Labute approximate surface area is 120 Å². The molecule has 1 aromatic rings. The molecule has 1 unspecified atom stereocenters. The predicted octanol–water partition coefficient (Wildman–Crippen LogP) is 2.76. The van der Waals surface area contributed by atoms with E-state index >= 15 is 0 Å². The summed E-state index contributed by atoms with van der Waals surface area (Å²) in [5.74, 6) is 0.163. The maximum atomic E-state index is 12.2. The molecule has 1 atom stereocenters. The average molecular weight is 340 g/mol. The maximum absolute atomic E-state index is 12.2. The Morgan fingerprint density at radius 3 is 2.94 bits per heavy atom. The zero-order valence-corrected chi connectivity index (χ0v) is 12.8. The summed E-state index contributed by atoms with van der Waals surface area (Å²) < 4.78 is 1.01. The Morgan fingerprint density at radius 2 is 2.35 bits per heavy atom. The standard InChI is InChI=1S/C11H15BrN2OS.ClH/c1-13-8-3-2-6-14(7-8)11(15)9-4-5-10(12)16-9;/h4-5,8,13H,2-3,6-7H2,1H3;1H. The van der Waals surface area contributed by atoms with Gasteiger partial charge < -0.3 is 10.2 Å². The van der Waals surface area contributed by atoms with Gasteiger partial charge in [0.25, 0.3) is 5.91 Å². The molecule has 0 aliphatic carbocycles. The van der Waals surface area contributed by atoms with E-state index in [-0.39, 0.29) is 18.3 Å². The first-order valence-electron chi connectivity index (χ1n) is 5.42. The normalized spacial score (nSPS) is 19.9. The zero-order valence-electron chi connectivity index (χ0n) is 9.61. The molecule has 96 valence electrons. The van der Waals surface area contributed by atoms with Gasteiger partial charge in [0.2, 0.25) is 0 Å². The minimum absolute atomic E-state index is 0. The molecule has 6 heteroatoms. The molecule has 1 aromatic heterocycles. The van der Waals surface area contributed by atoms with Crippen molar-refractivity contribution in [1.29, 1.82) is 0 Å². The molecular weight excluding hydrogens is 324 g/mol. The van der Waals surface area contributed by atoms with E-state index in [0.717, 1.165) is 34.6 Å². The number of nitrogens with zero attached hydrogens (tertiary/aromatic N) is 1. The molecule has 0 radical (unpaired) electrons. The molecule has 1 N–H and O–H groups in total. The Hall–Kier alpha value is -0.100. The summed E-state index contributed by atoms with van der Waals surface area (Å²) in [6.07, 6.45) is 2.25. The van der Waals surface area contributed by atoms with Crippen molar-refractivity contribution in [3.8, 4) is 0 Å². The van der Waals surface area contributed by atoms with Crippen molar-refractivity contribution in [2.75, 3.05) is 20.1 Å². The molecule has 0 aromatic carbocycles. The SMILES string of the molecule is CNC1CCCN(C(=O)c2ccc(Br)s2)C1.Cl. The highest BCUT2D eigenvalue weighted by Gasteiger charge is 2.24. The third kappa shape index (κ3) is 3.68. The Kier molecular flexibility index (Phi) is 5.92. The van der Waals surface area contributed by atoms with Gasteiger partial charge in [0, 0.05) is 19.1 Å². The summed E-state index contributed by atoms with van der Waals surface area (Å²) in [6.45, 7) is 1.71. The fraction of sp³-hybridized carbons (Fsp3) is 0.545. The molecule has 3 nitrogen and oxygen atoms in total. The first kappa shape index (κ1) is 15.0. The largest absolute Gasteiger partial charge is 0.336 e. The highest BCUT2D eigenvalue weighted by molar-refractivity contribution is 9.11. The van der Waals surface area contributed by atoms with Crippen LogP contribution in [0.2, 0.25) is 0 Å². The van der Waals surface area contributed by atoms with Gasteiger partial charge in [-0.3, -0.25) is 4.79 Å². The molecule has 2 rings (SSSR count). The van der Waals surface area contributed by atoms with Crippen LogP contribution in [0.15, 0.2) is 15.9 Å². The van der Waals surface area contributed by atoms with Gasteiger partial charge in [0.15, 0.2) is 0 Å². The van der Waals surface area contributed by atoms with E-state index < -0.39 is 0 Å². The summed E-state index contributed by atoms with van der Waals surface area (Å²) >= 11 is 4.89. The second-order valence-electron chi connectivity index (χ2n) is 3.98. The number of carbonyl (C=O) groups is 1. The second-order valence-corrected chi connectivity index (χ2v) is 6.45. The number of likely N-dealkylation sites (tertiary alicyclic amines) is 1. The number of hydrogen-bond acceptors (Lipinski definition) is 3. The second kappa shape index (κ2) is 6.73. The summed E-state index contributed by atoms with van der Waals surface area (Å²) in [4.78, 5) is 14.9. The first-order chi connectivity index (χ1) is 7.70. The van der Waals surface area contributed by atoms with Crippen LogP contribution in [0.5, 0.6) is 0 Å². The van der Waals surface area contributed by atoms with Crippen LogP contribution in [-0.2, 0) is 0 Å². The van der Waals surface area contributed by atoms with E-state index in [4.69, 9.17) is 0 Å². The molecule has 1 saturated heterocycles. The van der Waals surface area contributed by atoms with Gasteiger partial charge in [0.05, 0.1) is 8.66 Å². The number of carbonyl (C=O) groups excluding carboxylic acids is 1. The van der Waals surface area contributed by atoms with Crippen LogP contribution < -0.4 is 5.32 Å². The Balaban J connectivity index is 0.00000144. The lowest BCUT2D eigenvalue weighted by Gasteiger charge is -2.32. The lowest BCUT2D eigenvalue weighted by molar-refractivity contribution is 0.0703. The molecule has 1 aliphatic rings. The van der Waals surface area contributed by atoms with Gasteiger partial charge in [0.1, 0.15) is 0 Å². The molecular formula is C11H16BrClN2OS. The van der Waals surface area contributed by atoms with E-state index in [0.29, 0.717) is 6.04 Å². The lowest BCUT2D eigenvalue weighted by Crippen LogP contribution is -2.46. The van der Waals surface area contributed by atoms with Gasteiger partial charge in [-0.1, -0.05) is 0 Å². The molecule has 0 saturated carbocycles. The van der Waals surface area contributed by atoms with E-state index in [1.54, 1.807) is 0 Å². The third-order valence-electron chi connectivity index (χ3n) is 2.90. The minimum atomic E-state index is 0. The van der Waals surface area contributed by atoms with E-state index in [2.05, 4.69) is 21.2 Å². The number of piperidine rings is 1. The van der Waals surface area contributed by atoms with Crippen LogP contribution in [0.4, 0.5) is 0 Å². The van der Waals surface area contributed by atoms with Gasteiger partial charge in [-0.25, -0.2) is 0 Å². The van der Waals surface area contributed by atoms with Crippen LogP contribution >= 0.6 is 39.7 Å². The fourth-order valence-corrected chi connectivity index (χ4v) is 3.34. The molecule has 2 heterocycles. The van der Waals surface area contributed by atoms with Crippen molar-refractivity contribution in [3.63, 3.8) is 0 Å². The number of thiophene rings is 1. The summed E-state index contributed by atoms with van der Waals surface area (Å²) in [7, 11) is 1.96. The highest BCUT2D eigenvalue weighted by atomic mass is 79.9. The van der Waals surface area contributed by atoms with Crippen molar-refractivity contribution < 1.29 is 4.79 Å². The predicted molar refractivity (Wildman–Crippen MR) is 77.3 cm³/mol. The molecule has 0 bridgehead atoms. The van der Waals surface area contributed by atoms with Crippen molar-refractivity contribution >= 4 is 45.6 Å². The van der Waals surface area contributed by atoms with E-state index in [1.807, 2.05) is 24.1 Å². The Bertz CT molecular complexity index is 385. The van der Waals surface area contributed by atoms with E-state index in [9.17, 15) is 4.79 Å². The molecule has 1 aliphatic heterocycles. The van der Waals surface area contributed by atoms with Crippen molar-refractivity contribution in [2.45, 2.75) is 18.9 Å². The van der Waals surface area contributed by atoms with Gasteiger partial charge in [-0.15, -0.1) is 23.7 Å². The number of likely N-dealkylation sites (N-methyl/N-ethyl adjacent to an activating group) is 1. The van der Waals surface area contributed by atoms with Crippen molar-refractivity contribution in [2.24, 2.45) is 0 Å². The van der Waals surface area contributed by atoms with Gasteiger partial charge in [-0.2, -0.15) is 0 Å². The minimum Gasteiger partial charge on any atom is -0.336 e. The molecule has 0 spiro atoms. The highest BCUT2D eigenvalue weighted by Crippen LogP contribution is 2.24. The molecule has 1 amide bonds. The van der Waals surface area contributed by atoms with E-state index in [1.165, 1.54) is 11.3 Å². The fourth-order valence-electron chi connectivity index (χ4n) is 1.98.